The lowest BCUT2D eigenvalue weighted by Crippen LogP contribution is -2.48. The molecule has 0 spiro atoms. The van der Waals surface area contributed by atoms with Crippen molar-refractivity contribution in [3.8, 4) is 34.3 Å². The van der Waals surface area contributed by atoms with Crippen LogP contribution < -0.4 is 30.0 Å². The van der Waals surface area contributed by atoms with Gasteiger partial charge in [0.05, 0.1) is 19.2 Å². The molecule has 49 heavy (non-hydrogen) atoms. The number of amides is 2. The molecule has 2 atom stereocenters. The molecule has 4 heterocycles. The third-order valence-corrected chi connectivity index (χ3v) is 9.54. The zero-order chi connectivity index (χ0) is 35.3. The van der Waals surface area contributed by atoms with Crippen LogP contribution >= 0.6 is 0 Å². The summed E-state index contributed by atoms with van der Waals surface area (Å²) >= 11 is 0. The second kappa shape index (κ2) is 10.7. The van der Waals surface area contributed by atoms with Gasteiger partial charge >= 0.3 is 12.8 Å². The standard InChI is InChI=1S/C32H28F5N5O7/c1-29(6-7-29)31(45,12-39-26(43)15-8-16-11-42(28(34)35)41-22(16)19(10-15)46-3)25-21(33)20-24(47-13-30(20,2)27(38)44)23(40-25)14-4-5-17-18(9-14)49-32(36,37)48-17/h4-5,8-11,28,45H,6-7,12-13H2,1-3H3,(H2,38,44)(H,39,43)/t30-,31?/m1/s1. The molecule has 2 amide bonds. The highest BCUT2D eigenvalue weighted by atomic mass is 19.3. The number of methoxy groups -OCH3 is 1. The second-order valence-corrected chi connectivity index (χ2v) is 12.7. The Labute approximate surface area is 273 Å². The maximum atomic E-state index is 16.8. The molecule has 7 rings (SSSR count). The van der Waals surface area contributed by atoms with Gasteiger partial charge in [0.15, 0.2) is 23.1 Å². The molecule has 1 aliphatic carbocycles. The average Bonchev–Trinajstić information content (AvgIpc) is 3.36. The summed E-state index contributed by atoms with van der Waals surface area (Å²) in [6.45, 7) is -0.898. The van der Waals surface area contributed by atoms with Crippen LogP contribution in [0.25, 0.3) is 22.2 Å². The number of halogens is 5. The van der Waals surface area contributed by atoms with E-state index in [4.69, 9.17) is 15.2 Å². The van der Waals surface area contributed by atoms with Crippen molar-refractivity contribution in [1.82, 2.24) is 20.1 Å². The minimum Gasteiger partial charge on any atom is -0.494 e. The number of nitrogens with one attached hydrogen (secondary N) is 1. The van der Waals surface area contributed by atoms with Crippen molar-refractivity contribution in [3.05, 3.63) is 59.2 Å². The predicted octanol–water partition coefficient (Wildman–Crippen LogP) is 4.52. The number of aromatic nitrogens is 3. The third kappa shape index (κ3) is 4.97. The Balaban J connectivity index is 1.32. The molecule has 1 fully saturated rings. The summed E-state index contributed by atoms with van der Waals surface area (Å²) in [5, 5.41) is 19.0. The van der Waals surface area contributed by atoms with Crippen LogP contribution in [0.4, 0.5) is 22.0 Å². The molecule has 0 bridgehead atoms. The van der Waals surface area contributed by atoms with Gasteiger partial charge in [0.2, 0.25) is 5.91 Å². The molecule has 3 aliphatic rings. The van der Waals surface area contributed by atoms with Gasteiger partial charge in [-0.05, 0) is 50.1 Å². The van der Waals surface area contributed by atoms with Gasteiger partial charge in [-0.1, -0.05) is 6.92 Å². The van der Waals surface area contributed by atoms with Gasteiger partial charge in [0.1, 0.15) is 40.3 Å². The van der Waals surface area contributed by atoms with Gasteiger partial charge in [0, 0.05) is 28.1 Å². The van der Waals surface area contributed by atoms with Crippen LogP contribution in [0.1, 0.15) is 54.9 Å². The van der Waals surface area contributed by atoms with Crippen LogP contribution in [0.5, 0.6) is 23.0 Å². The molecule has 0 saturated heterocycles. The van der Waals surface area contributed by atoms with Crippen LogP contribution in [0.15, 0.2) is 36.5 Å². The van der Waals surface area contributed by atoms with Crippen LogP contribution in [-0.2, 0) is 15.8 Å². The summed E-state index contributed by atoms with van der Waals surface area (Å²) in [6.07, 6.45) is -2.10. The molecule has 12 nitrogen and oxygen atoms in total. The molecule has 1 saturated carbocycles. The highest BCUT2D eigenvalue weighted by Crippen LogP contribution is 2.59. The first-order valence-corrected chi connectivity index (χ1v) is 14.9. The number of nitrogens with zero attached hydrogens (tertiary/aromatic N) is 3. The first kappa shape index (κ1) is 32.4. The maximum Gasteiger partial charge on any atom is 0.586 e. The average molecular weight is 690 g/mol. The molecule has 1 unspecified atom stereocenters. The van der Waals surface area contributed by atoms with Crippen molar-refractivity contribution < 1.29 is 55.6 Å². The maximum absolute atomic E-state index is 16.8. The van der Waals surface area contributed by atoms with Gasteiger partial charge < -0.3 is 35.1 Å². The molecular weight excluding hydrogens is 661 g/mol. The smallest absolute Gasteiger partial charge is 0.494 e. The number of alkyl halides is 4. The first-order chi connectivity index (χ1) is 23.0. The fourth-order valence-electron chi connectivity index (χ4n) is 6.23. The summed E-state index contributed by atoms with van der Waals surface area (Å²) in [7, 11) is 1.28. The SMILES string of the molecule is COc1cc(C(=O)NCC(O)(c2nc(-c3ccc4c(c3)OC(F)(F)O4)c3c(c2F)[C@](C)(C(N)=O)CO3)C2(C)CC2)cc2cn(C(F)F)nc12. The number of hydrogen-bond acceptors (Lipinski definition) is 9. The first-order valence-electron chi connectivity index (χ1n) is 14.9. The number of carbonyl (C=O) groups excluding carboxylic acids is 2. The van der Waals surface area contributed by atoms with E-state index in [9.17, 15) is 32.3 Å². The molecule has 2 aromatic carbocycles. The van der Waals surface area contributed by atoms with Crippen LogP contribution in [0.3, 0.4) is 0 Å². The molecule has 4 aromatic rings. The Hall–Kier alpha value is -5.19. The Morgan fingerprint density at radius 3 is 2.53 bits per heavy atom. The van der Waals surface area contributed by atoms with Crippen molar-refractivity contribution in [2.75, 3.05) is 20.3 Å². The fourth-order valence-corrected chi connectivity index (χ4v) is 6.23. The van der Waals surface area contributed by atoms with E-state index in [-0.39, 0.29) is 62.9 Å². The van der Waals surface area contributed by atoms with Gasteiger partial charge in [-0.15, -0.1) is 8.78 Å². The Bertz CT molecular complexity index is 2070. The second-order valence-electron chi connectivity index (χ2n) is 12.7. The van der Waals surface area contributed by atoms with Crippen LogP contribution in [0, 0.1) is 11.2 Å². The van der Waals surface area contributed by atoms with Crippen molar-refractivity contribution in [1.29, 1.82) is 0 Å². The zero-order valence-corrected chi connectivity index (χ0v) is 26.1. The molecular formula is C32H28F5N5O7. The van der Waals surface area contributed by atoms with E-state index in [0.717, 1.165) is 6.20 Å². The van der Waals surface area contributed by atoms with Crippen LogP contribution in [-0.4, -0.2) is 58.2 Å². The molecule has 4 N–H and O–H groups in total. The van der Waals surface area contributed by atoms with Gasteiger partial charge in [-0.25, -0.2) is 14.1 Å². The number of benzene rings is 2. The van der Waals surface area contributed by atoms with Crippen molar-refractivity contribution in [2.45, 2.75) is 50.5 Å². The number of carbonyl (C=O) groups is 2. The van der Waals surface area contributed by atoms with E-state index in [1.165, 1.54) is 44.4 Å². The van der Waals surface area contributed by atoms with Gasteiger partial charge in [-0.3, -0.25) is 9.59 Å². The number of hydrogen-bond donors (Lipinski definition) is 3. The number of fused-ring (bicyclic) bond motifs is 3. The minimum absolute atomic E-state index is 0.0311. The Kier molecular flexibility index (Phi) is 7.04. The quantitative estimate of drug-likeness (QED) is 0.215. The predicted molar refractivity (Wildman–Crippen MR) is 159 cm³/mol. The summed E-state index contributed by atoms with van der Waals surface area (Å²) in [5.74, 6) is -3.57. The van der Waals surface area contributed by atoms with E-state index in [1.54, 1.807) is 6.92 Å². The number of aliphatic hydroxyl groups is 1. The zero-order valence-electron chi connectivity index (χ0n) is 26.1. The van der Waals surface area contributed by atoms with E-state index in [0.29, 0.717) is 17.5 Å². The van der Waals surface area contributed by atoms with E-state index in [1.807, 2.05) is 0 Å². The molecule has 0 radical (unpaired) electrons. The number of pyridine rings is 1. The fraction of sp³-hybridized carbons (Fsp3) is 0.375. The minimum atomic E-state index is -3.93. The Morgan fingerprint density at radius 2 is 1.88 bits per heavy atom. The highest BCUT2D eigenvalue weighted by Gasteiger charge is 2.60. The topological polar surface area (TPSA) is 160 Å². The molecule has 2 aromatic heterocycles. The summed E-state index contributed by atoms with van der Waals surface area (Å²) in [6, 6.07) is 6.29. The van der Waals surface area contributed by atoms with Crippen molar-refractivity contribution in [2.24, 2.45) is 11.1 Å². The summed E-state index contributed by atoms with van der Waals surface area (Å²) in [5.41, 5.74) is -0.0640. The van der Waals surface area contributed by atoms with Gasteiger partial charge in [0.25, 0.3) is 5.91 Å². The lowest BCUT2D eigenvalue weighted by atomic mass is 9.77. The molecule has 17 heteroatoms. The number of ether oxygens (including phenoxy) is 4. The number of nitrogens with two attached hydrogens (primary N) is 1. The molecule has 258 valence electrons. The normalized spacial score (nSPS) is 20.9. The summed E-state index contributed by atoms with van der Waals surface area (Å²) in [4.78, 5) is 30.7. The highest BCUT2D eigenvalue weighted by molar-refractivity contribution is 6.00. The lowest BCUT2D eigenvalue weighted by Gasteiger charge is -2.35. The number of rotatable bonds is 9. The Morgan fingerprint density at radius 1 is 1.16 bits per heavy atom. The van der Waals surface area contributed by atoms with Crippen molar-refractivity contribution in [3.63, 3.8) is 0 Å². The molecule has 2 aliphatic heterocycles. The van der Waals surface area contributed by atoms with Crippen LogP contribution in [0.2, 0.25) is 0 Å². The van der Waals surface area contributed by atoms with E-state index >= 15 is 4.39 Å². The lowest BCUT2D eigenvalue weighted by molar-refractivity contribution is -0.286. The third-order valence-electron chi connectivity index (χ3n) is 9.54. The van der Waals surface area contributed by atoms with E-state index in [2.05, 4.69) is 24.9 Å². The van der Waals surface area contributed by atoms with Gasteiger partial charge in [-0.2, -0.15) is 13.9 Å². The van der Waals surface area contributed by atoms with E-state index < -0.39 is 59.1 Å². The number of primary amides is 1. The monoisotopic (exact) mass is 689 g/mol. The summed E-state index contributed by atoms with van der Waals surface area (Å²) < 4.78 is 91.6. The largest absolute Gasteiger partial charge is 0.586 e. The van der Waals surface area contributed by atoms with Crippen molar-refractivity contribution >= 4 is 22.7 Å².